The first-order valence-corrected chi connectivity index (χ1v) is 6.96. The van der Waals surface area contributed by atoms with E-state index in [0.717, 1.165) is 25.2 Å². The number of rotatable bonds is 2. The van der Waals surface area contributed by atoms with Crippen LogP contribution >= 0.6 is 11.6 Å². The van der Waals surface area contributed by atoms with Crippen LogP contribution in [0.5, 0.6) is 0 Å². The molecule has 7 heteroatoms. The number of amides is 3. The van der Waals surface area contributed by atoms with E-state index in [4.69, 9.17) is 11.6 Å². The van der Waals surface area contributed by atoms with Crippen LogP contribution in [-0.4, -0.2) is 30.9 Å². The Labute approximate surface area is 136 Å². The number of nitrogens with zero attached hydrogens (tertiary/aromatic N) is 2. The highest BCUT2D eigenvalue weighted by atomic mass is 35.5. The predicted octanol–water partition coefficient (Wildman–Crippen LogP) is 3.95. The SMILES string of the molecule is CN(C(=O)c1c(F)cccc1F)C(=O)N(C)c1ccc(Cl)cc1. The van der Waals surface area contributed by atoms with Crippen LogP contribution in [0.3, 0.4) is 0 Å². The quantitative estimate of drug-likeness (QED) is 0.832. The van der Waals surface area contributed by atoms with Gasteiger partial charge in [-0.2, -0.15) is 0 Å². The van der Waals surface area contributed by atoms with Crippen molar-refractivity contribution in [2.75, 3.05) is 19.0 Å². The smallest absolute Gasteiger partial charge is 0.297 e. The molecule has 0 N–H and O–H groups in total. The van der Waals surface area contributed by atoms with Crippen LogP contribution in [-0.2, 0) is 0 Å². The maximum Gasteiger partial charge on any atom is 0.330 e. The Bertz CT molecular complexity index is 730. The molecule has 2 rings (SSSR count). The lowest BCUT2D eigenvalue weighted by Crippen LogP contribution is -2.42. The Balaban J connectivity index is 2.25. The van der Waals surface area contributed by atoms with Crippen molar-refractivity contribution in [1.29, 1.82) is 0 Å². The van der Waals surface area contributed by atoms with Crippen LogP contribution in [0.4, 0.5) is 19.3 Å². The number of benzene rings is 2. The van der Waals surface area contributed by atoms with E-state index < -0.39 is 29.1 Å². The lowest BCUT2D eigenvalue weighted by atomic mass is 10.1. The molecule has 0 atom stereocenters. The zero-order chi connectivity index (χ0) is 17.1. The van der Waals surface area contributed by atoms with E-state index in [9.17, 15) is 18.4 Å². The third-order valence-corrected chi connectivity index (χ3v) is 3.52. The summed E-state index contributed by atoms with van der Waals surface area (Å²) < 4.78 is 27.3. The highest BCUT2D eigenvalue weighted by Gasteiger charge is 2.27. The van der Waals surface area contributed by atoms with Gasteiger partial charge in [-0.25, -0.2) is 13.6 Å². The summed E-state index contributed by atoms with van der Waals surface area (Å²) in [5.74, 6) is -3.11. The van der Waals surface area contributed by atoms with Crippen LogP contribution < -0.4 is 4.90 Å². The first-order valence-electron chi connectivity index (χ1n) is 6.58. The van der Waals surface area contributed by atoms with Crippen LogP contribution in [0.25, 0.3) is 0 Å². The van der Waals surface area contributed by atoms with Crippen molar-refractivity contribution >= 4 is 29.2 Å². The predicted molar refractivity (Wildman–Crippen MR) is 83.7 cm³/mol. The van der Waals surface area contributed by atoms with E-state index >= 15 is 0 Å². The molecule has 4 nitrogen and oxygen atoms in total. The van der Waals surface area contributed by atoms with E-state index in [0.29, 0.717) is 15.6 Å². The van der Waals surface area contributed by atoms with Crippen molar-refractivity contribution in [2.24, 2.45) is 0 Å². The van der Waals surface area contributed by atoms with Gasteiger partial charge in [-0.3, -0.25) is 14.6 Å². The molecule has 0 heterocycles. The Morgan fingerprint density at radius 2 is 1.48 bits per heavy atom. The van der Waals surface area contributed by atoms with E-state index in [2.05, 4.69) is 0 Å². The van der Waals surface area contributed by atoms with E-state index in [1.54, 1.807) is 24.3 Å². The highest BCUT2D eigenvalue weighted by Crippen LogP contribution is 2.19. The molecule has 0 fully saturated rings. The lowest BCUT2D eigenvalue weighted by molar-refractivity contribution is 0.0827. The first kappa shape index (κ1) is 16.9. The number of halogens is 3. The number of carbonyl (C=O) groups excluding carboxylic acids is 2. The molecule has 0 aliphatic heterocycles. The van der Waals surface area contributed by atoms with Gasteiger partial charge in [-0.05, 0) is 36.4 Å². The van der Waals surface area contributed by atoms with Crippen molar-refractivity contribution in [2.45, 2.75) is 0 Å². The molecule has 0 radical (unpaired) electrons. The molecule has 0 aliphatic rings. The zero-order valence-corrected chi connectivity index (χ0v) is 13.1. The second kappa shape index (κ2) is 6.75. The normalized spacial score (nSPS) is 10.3. The maximum absolute atomic E-state index is 13.7. The zero-order valence-electron chi connectivity index (χ0n) is 12.4. The van der Waals surface area contributed by atoms with Crippen LogP contribution in [0.1, 0.15) is 10.4 Å². The van der Waals surface area contributed by atoms with Crippen LogP contribution in [0.15, 0.2) is 42.5 Å². The van der Waals surface area contributed by atoms with Crippen LogP contribution in [0.2, 0.25) is 5.02 Å². The number of urea groups is 1. The molecule has 120 valence electrons. The van der Waals surface area contributed by atoms with Gasteiger partial charge in [0.25, 0.3) is 5.91 Å². The van der Waals surface area contributed by atoms with Crippen LogP contribution in [0, 0.1) is 11.6 Å². The van der Waals surface area contributed by atoms with Crippen molar-refractivity contribution in [3.63, 3.8) is 0 Å². The number of hydrogen-bond donors (Lipinski definition) is 0. The molecule has 0 spiro atoms. The third-order valence-electron chi connectivity index (χ3n) is 3.27. The minimum absolute atomic E-state index is 0.480. The van der Waals surface area contributed by atoms with Crippen molar-refractivity contribution in [3.8, 4) is 0 Å². The summed E-state index contributed by atoms with van der Waals surface area (Å²) in [5.41, 5.74) is -0.291. The summed E-state index contributed by atoms with van der Waals surface area (Å²) in [6.07, 6.45) is 0. The summed E-state index contributed by atoms with van der Waals surface area (Å²) >= 11 is 5.77. The maximum atomic E-state index is 13.7. The molecule has 23 heavy (non-hydrogen) atoms. The minimum Gasteiger partial charge on any atom is -0.297 e. The van der Waals surface area contributed by atoms with Gasteiger partial charge in [0.1, 0.15) is 17.2 Å². The summed E-state index contributed by atoms with van der Waals surface area (Å²) in [4.78, 5) is 26.3. The molecule has 0 aromatic heterocycles. The van der Waals surface area contributed by atoms with Gasteiger partial charge in [0.15, 0.2) is 0 Å². The van der Waals surface area contributed by atoms with E-state index in [1.165, 1.54) is 11.9 Å². The summed E-state index contributed by atoms with van der Waals surface area (Å²) in [7, 11) is 2.59. The molecule has 0 unspecified atom stereocenters. The fourth-order valence-electron chi connectivity index (χ4n) is 1.96. The van der Waals surface area contributed by atoms with Crippen molar-refractivity contribution in [3.05, 3.63) is 64.7 Å². The fourth-order valence-corrected chi connectivity index (χ4v) is 2.08. The molecule has 0 bridgehead atoms. The van der Waals surface area contributed by atoms with Gasteiger partial charge in [-0.15, -0.1) is 0 Å². The summed E-state index contributed by atoms with van der Waals surface area (Å²) in [6, 6.07) is 8.65. The average Bonchev–Trinajstić information content (AvgIpc) is 2.53. The second-order valence-corrected chi connectivity index (χ2v) is 5.22. The van der Waals surface area contributed by atoms with Gasteiger partial charge in [-0.1, -0.05) is 17.7 Å². The highest BCUT2D eigenvalue weighted by molar-refractivity contribution is 6.30. The van der Waals surface area contributed by atoms with E-state index in [1.807, 2.05) is 0 Å². The Kier molecular flexibility index (Phi) is 4.95. The van der Waals surface area contributed by atoms with Gasteiger partial charge >= 0.3 is 6.03 Å². The largest absolute Gasteiger partial charge is 0.330 e. The number of anilines is 1. The fraction of sp³-hybridized carbons (Fsp3) is 0.125. The molecule has 0 saturated heterocycles. The Morgan fingerprint density at radius 1 is 0.957 bits per heavy atom. The molecule has 2 aromatic carbocycles. The number of hydrogen-bond acceptors (Lipinski definition) is 2. The van der Waals surface area contributed by atoms with Gasteiger partial charge in [0.2, 0.25) is 0 Å². The Hall–Kier alpha value is -2.47. The van der Waals surface area contributed by atoms with Gasteiger partial charge in [0.05, 0.1) is 0 Å². The Morgan fingerprint density at radius 3 is 2.00 bits per heavy atom. The monoisotopic (exact) mass is 338 g/mol. The van der Waals surface area contributed by atoms with Crippen molar-refractivity contribution in [1.82, 2.24) is 4.90 Å². The van der Waals surface area contributed by atoms with Crippen molar-refractivity contribution < 1.29 is 18.4 Å². The molecular formula is C16H13ClF2N2O2. The molecule has 2 aromatic rings. The third kappa shape index (κ3) is 3.48. The minimum atomic E-state index is -1.06. The van der Waals surface area contributed by atoms with E-state index in [-0.39, 0.29) is 0 Å². The number of imide groups is 1. The first-order chi connectivity index (χ1) is 10.8. The number of carbonyl (C=O) groups is 2. The second-order valence-electron chi connectivity index (χ2n) is 4.78. The average molecular weight is 339 g/mol. The molecule has 0 aliphatic carbocycles. The molecule has 0 saturated carbocycles. The molecular weight excluding hydrogens is 326 g/mol. The lowest BCUT2D eigenvalue weighted by Gasteiger charge is -2.24. The summed E-state index contributed by atoms with van der Waals surface area (Å²) in [5, 5.41) is 0.493. The summed E-state index contributed by atoms with van der Waals surface area (Å²) in [6.45, 7) is 0. The standard InChI is InChI=1S/C16H13ClF2N2O2/c1-20(11-8-6-10(17)7-9-11)16(23)21(2)15(22)14-12(18)4-3-5-13(14)19/h3-9H,1-2H3. The topological polar surface area (TPSA) is 40.6 Å². The molecule has 3 amide bonds. The van der Waals surface area contributed by atoms with Gasteiger partial charge < -0.3 is 0 Å². The van der Waals surface area contributed by atoms with Gasteiger partial charge in [0, 0.05) is 24.8 Å².